The van der Waals surface area contributed by atoms with E-state index in [1.807, 2.05) is 13.8 Å². The van der Waals surface area contributed by atoms with Crippen molar-refractivity contribution in [2.24, 2.45) is 5.92 Å². The summed E-state index contributed by atoms with van der Waals surface area (Å²) in [5, 5.41) is 4.60. The first-order valence-electron chi connectivity index (χ1n) is 5.90. The van der Waals surface area contributed by atoms with E-state index in [0.717, 1.165) is 0 Å². The molecule has 0 aliphatic heterocycles. The van der Waals surface area contributed by atoms with Crippen molar-refractivity contribution in [1.29, 1.82) is 0 Å². The third kappa shape index (κ3) is 4.51. The Morgan fingerprint density at radius 2 is 2.16 bits per heavy atom. The van der Waals surface area contributed by atoms with Crippen LogP contribution >= 0.6 is 11.3 Å². The summed E-state index contributed by atoms with van der Waals surface area (Å²) in [6, 6.07) is 0. The molecule has 0 aromatic carbocycles. The third-order valence-corrected chi connectivity index (χ3v) is 3.27. The highest BCUT2D eigenvalue weighted by molar-refractivity contribution is 7.09. The largest absolute Gasteiger partial charge is 0.464 e. The summed E-state index contributed by atoms with van der Waals surface area (Å²) < 4.78 is 9.87. The van der Waals surface area contributed by atoms with Crippen molar-refractivity contribution in [3.8, 4) is 0 Å². The van der Waals surface area contributed by atoms with Crippen molar-refractivity contribution in [2.45, 2.75) is 26.4 Å². The van der Waals surface area contributed by atoms with Crippen molar-refractivity contribution < 1.29 is 19.1 Å². The number of alkyl carbamates (subject to hydrolysis) is 1. The van der Waals surface area contributed by atoms with Gasteiger partial charge in [0.15, 0.2) is 11.8 Å². The van der Waals surface area contributed by atoms with Gasteiger partial charge in [-0.05, 0) is 12.3 Å². The first kappa shape index (κ1) is 15.4. The zero-order valence-electron chi connectivity index (χ0n) is 11.4. The van der Waals surface area contributed by atoms with Crippen LogP contribution in [-0.2, 0) is 9.47 Å². The number of hydrogen-bond donors (Lipinski definition) is 1. The molecule has 0 aliphatic rings. The maximum absolute atomic E-state index is 11.4. The van der Waals surface area contributed by atoms with Crippen LogP contribution in [0.25, 0.3) is 0 Å². The molecule has 0 bridgehead atoms. The molecule has 1 aromatic rings. The number of carbonyl (C=O) groups excluding carboxylic acids is 2. The van der Waals surface area contributed by atoms with E-state index in [0.29, 0.717) is 17.3 Å². The van der Waals surface area contributed by atoms with Crippen LogP contribution in [0.2, 0.25) is 0 Å². The van der Waals surface area contributed by atoms with Crippen LogP contribution in [0.5, 0.6) is 0 Å². The van der Waals surface area contributed by atoms with E-state index in [1.54, 1.807) is 5.38 Å². The fraction of sp³-hybridized carbons (Fsp3) is 0.583. The van der Waals surface area contributed by atoms with E-state index in [9.17, 15) is 9.59 Å². The zero-order valence-corrected chi connectivity index (χ0v) is 12.2. The van der Waals surface area contributed by atoms with Crippen LogP contribution in [0.15, 0.2) is 5.38 Å². The van der Waals surface area contributed by atoms with Crippen molar-refractivity contribution in [1.82, 2.24) is 10.3 Å². The predicted octanol–water partition coefficient (Wildman–Crippen LogP) is 2.37. The van der Waals surface area contributed by atoms with Crippen LogP contribution in [0.4, 0.5) is 4.79 Å². The van der Waals surface area contributed by atoms with Gasteiger partial charge in [0.1, 0.15) is 5.01 Å². The third-order valence-electron chi connectivity index (χ3n) is 2.33. The first-order chi connectivity index (χ1) is 8.97. The van der Waals surface area contributed by atoms with Gasteiger partial charge in [0.05, 0.1) is 7.11 Å². The Morgan fingerprint density at radius 1 is 1.47 bits per heavy atom. The maximum Gasteiger partial charge on any atom is 0.407 e. The molecule has 1 amide bonds. The van der Waals surface area contributed by atoms with Gasteiger partial charge in [0.25, 0.3) is 0 Å². The number of esters is 1. The molecule has 1 N–H and O–H groups in total. The lowest BCUT2D eigenvalue weighted by Gasteiger charge is -2.17. The topological polar surface area (TPSA) is 77.5 Å². The monoisotopic (exact) mass is 286 g/mol. The molecular weight excluding hydrogens is 268 g/mol. The van der Waals surface area contributed by atoms with Gasteiger partial charge in [0.2, 0.25) is 0 Å². The van der Waals surface area contributed by atoms with Gasteiger partial charge in [-0.25, -0.2) is 14.6 Å². The zero-order chi connectivity index (χ0) is 14.4. The van der Waals surface area contributed by atoms with E-state index in [-0.39, 0.29) is 5.69 Å². The number of nitrogens with one attached hydrogen (secondary N) is 1. The number of thiazole rings is 1. The molecule has 0 spiro atoms. The molecule has 1 heterocycles. The maximum atomic E-state index is 11.4. The number of aromatic nitrogens is 1. The van der Waals surface area contributed by atoms with Crippen LogP contribution in [0.1, 0.15) is 41.9 Å². The molecule has 0 saturated carbocycles. The van der Waals surface area contributed by atoms with Crippen molar-refractivity contribution in [2.75, 3.05) is 14.2 Å². The Morgan fingerprint density at radius 3 is 2.68 bits per heavy atom. The van der Waals surface area contributed by atoms with Gasteiger partial charge in [-0.15, -0.1) is 11.3 Å². The van der Waals surface area contributed by atoms with Gasteiger partial charge in [-0.1, -0.05) is 13.8 Å². The smallest absolute Gasteiger partial charge is 0.407 e. The SMILES string of the molecule is CNC(=O)O[C@@H](CC(C)C)c1nc(C(=O)OC)cs1. The van der Waals surface area contributed by atoms with Crippen LogP contribution in [0, 0.1) is 5.92 Å². The number of hydrogen-bond acceptors (Lipinski definition) is 6. The van der Waals surface area contributed by atoms with Gasteiger partial charge in [0, 0.05) is 12.4 Å². The minimum Gasteiger partial charge on any atom is -0.464 e. The Hall–Kier alpha value is -1.63. The molecule has 106 valence electrons. The molecular formula is C12H18N2O4S. The first-order valence-corrected chi connectivity index (χ1v) is 6.78. The predicted molar refractivity (Wildman–Crippen MR) is 71.2 cm³/mol. The number of methoxy groups -OCH3 is 1. The molecule has 19 heavy (non-hydrogen) atoms. The normalized spacial score (nSPS) is 12.1. The van der Waals surface area contributed by atoms with Gasteiger partial charge < -0.3 is 14.8 Å². The summed E-state index contributed by atoms with van der Waals surface area (Å²) in [5.41, 5.74) is 0.233. The number of carbonyl (C=O) groups is 2. The van der Waals surface area contributed by atoms with Gasteiger partial charge in [-0.3, -0.25) is 0 Å². The molecule has 6 nitrogen and oxygen atoms in total. The molecule has 0 saturated heterocycles. The van der Waals surface area contributed by atoms with E-state index in [4.69, 9.17) is 4.74 Å². The fourth-order valence-electron chi connectivity index (χ4n) is 1.45. The number of ether oxygens (including phenoxy) is 2. The highest BCUT2D eigenvalue weighted by atomic mass is 32.1. The highest BCUT2D eigenvalue weighted by Crippen LogP contribution is 2.28. The van der Waals surface area contributed by atoms with Gasteiger partial charge >= 0.3 is 12.1 Å². The second kappa shape index (κ2) is 7.08. The summed E-state index contributed by atoms with van der Waals surface area (Å²) in [6.45, 7) is 4.05. The van der Waals surface area contributed by atoms with Crippen molar-refractivity contribution in [3.05, 3.63) is 16.1 Å². The second-order valence-electron chi connectivity index (χ2n) is 4.34. The number of nitrogens with zero attached hydrogens (tertiary/aromatic N) is 1. The summed E-state index contributed by atoms with van der Waals surface area (Å²) >= 11 is 1.28. The average Bonchev–Trinajstić information content (AvgIpc) is 2.85. The fourth-order valence-corrected chi connectivity index (χ4v) is 2.28. The lowest BCUT2D eigenvalue weighted by atomic mass is 10.1. The number of rotatable bonds is 5. The minimum absolute atomic E-state index is 0.233. The lowest BCUT2D eigenvalue weighted by molar-refractivity contribution is 0.0593. The molecule has 7 heteroatoms. The van der Waals surface area contributed by atoms with Crippen molar-refractivity contribution in [3.63, 3.8) is 0 Å². The van der Waals surface area contributed by atoms with Crippen LogP contribution in [-0.4, -0.2) is 31.2 Å². The van der Waals surface area contributed by atoms with Crippen molar-refractivity contribution >= 4 is 23.4 Å². The van der Waals surface area contributed by atoms with E-state index in [1.165, 1.54) is 25.5 Å². The molecule has 0 radical (unpaired) electrons. The molecule has 0 unspecified atom stereocenters. The summed E-state index contributed by atoms with van der Waals surface area (Å²) in [7, 11) is 2.80. The molecule has 1 aromatic heterocycles. The Bertz CT molecular complexity index is 445. The van der Waals surface area contributed by atoms with Crippen LogP contribution in [0.3, 0.4) is 0 Å². The quantitative estimate of drug-likeness (QED) is 0.841. The van der Waals surface area contributed by atoms with Crippen LogP contribution < -0.4 is 5.32 Å². The molecule has 0 fully saturated rings. The molecule has 0 aliphatic carbocycles. The van der Waals surface area contributed by atoms with E-state index >= 15 is 0 Å². The molecule has 1 atom stereocenters. The Labute approximate surface area is 116 Å². The molecule has 1 rings (SSSR count). The van der Waals surface area contributed by atoms with E-state index in [2.05, 4.69) is 15.0 Å². The Kier molecular flexibility index (Phi) is 5.75. The minimum atomic E-state index is -0.513. The van der Waals surface area contributed by atoms with E-state index < -0.39 is 18.2 Å². The highest BCUT2D eigenvalue weighted by Gasteiger charge is 2.22. The lowest BCUT2D eigenvalue weighted by Crippen LogP contribution is -2.22. The summed E-state index contributed by atoms with van der Waals surface area (Å²) in [6.07, 6.45) is -0.328. The standard InChI is InChI=1S/C12H18N2O4S/c1-7(2)5-9(18-12(16)13-3)10-14-8(6-19-10)11(15)17-4/h6-7,9H,5H2,1-4H3,(H,13,16)/t9-/m0/s1. The summed E-state index contributed by atoms with van der Waals surface area (Å²) in [4.78, 5) is 26.8. The number of amides is 1. The van der Waals surface area contributed by atoms with Gasteiger partial charge in [-0.2, -0.15) is 0 Å². The Balaban J connectivity index is 2.87. The average molecular weight is 286 g/mol. The second-order valence-corrected chi connectivity index (χ2v) is 5.23. The summed E-state index contributed by atoms with van der Waals surface area (Å²) in [5.74, 6) is -0.161.